The van der Waals surface area contributed by atoms with Gasteiger partial charge in [0, 0.05) is 6.61 Å². The van der Waals surface area contributed by atoms with Gasteiger partial charge in [-0.1, -0.05) is 13.3 Å². The smallest absolute Gasteiger partial charge is 0.120 e. The fourth-order valence-corrected chi connectivity index (χ4v) is 1.92. The summed E-state index contributed by atoms with van der Waals surface area (Å²) in [6.45, 7) is 5.50. The molecule has 0 spiro atoms. The van der Waals surface area contributed by atoms with Gasteiger partial charge in [0.25, 0.3) is 0 Å². The molecule has 2 atom stereocenters. The summed E-state index contributed by atoms with van der Waals surface area (Å²) in [5, 5.41) is 12.4. The molecule has 0 aliphatic rings. The van der Waals surface area contributed by atoms with Gasteiger partial charge in [0.2, 0.25) is 0 Å². The van der Waals surface area contributed by atoms with Crippen LogP contribution in [0.1, 0.15) is 44.9 Å². The first kappa shape index (κ1) is 13.3. The van der Waals surface area contributed by atoms with Crippen molar-refractivity contribution in [2.75, 3.05) is 13.2 Å². The third kappa shape index (κ3) is 4.37. The first-order chi connectivity index (χ1) is 7.77. The molecule has 1 aromatic rings. The second-order valence-corrected chi connectivity index (χ2v) is 4.31. The van der Waals surface area contributed by atoms with Crippen molar-refractivity contribution >= 4 is 0 Å². The number of hydrogen-bond acceptors (Lipinski definition) is 3. The van der Waals surface area contributed by atoms with Gasteiger partial charge in [-0.15, -0.1) is 0 Å². The molecule has 0 bridgehead atoms. The summed E-state index contributed by atoms with van der Waals surface area (Å²) >= 11 is 0. The van der Waals surface area contributed by atoms with Crippen LogP contribution in [0.2, 0.25) is 0 Å². The Kier molecular flexibility index (Phi) is 6.19. The number of rotatable bonds is 8. The van der Waals surface area contributed by atoms with Gasteiger partial charge in [0.05, 0.1) is 12.3 Å². The molecule has 0 aliphatic carbocycles. The van der Waals surface area contributed by atoms with Crippen LogP contribution in [0.15, 0.2) is 22.8 Å². The van der Waals surface area contributed by atoms with Crippen LogP contribution < -0.4 is 5.32 Å². The summed E-state index contributed by atoms with van der Waals surface area (Å²) in [6, 6.07) is 4.14. The van der Waals surface area contributed by atoms with E-state index in [0.29, 0.717) is 5.92 Å². The van der Waals surface area contributed by atoms with Crippen LogP contribution in [0.4, 0.5) is 0 Å². The third-order valence-electron chi connectivity index (χ3n) is 2.92. The summed E-state index contributed by atoms with van der Waals surface area (Å²) in [5.41, 5.74) is 0. The molecule has 0 fully saturated rings. The van der Waals surface area contributed by atoms with E-state index in [1.165, 1.54) is 12.8 Å². The fraction of sp³-hybridized carbons (Fsp3) is 0.692. The molecule has 3 heteroatoms. The van der Waals surface area contributed by atoms with Crippen molar-refractivity contribution < 1.29 is 9.52 Å². The molecule has 2 unspecified atom stereocenters. The van der Waals surface area contributed by atoms with Crippen LogP contribution in [0.25, 0.3) is 0 Å². The molecule has 2 N–H and O–H groups in total. The van der Waals surface area contributed by atoms with E-state index in [0.717, 1.165) is 18.7 Å². The summed E-state index contributed by atoms with van der Waals surface area (Å²) in [4.78, 5) is 0. The van der Waals surface area contributed by atoms with Crippen LogP contribution in [0.5, 0.6) is 0 Å². The Hall–Kier alpha value is -0.800. The lowest BCUT2D eigenvalue weighted by molar-refractivity contribution is 0.244. The van der Waals surface area contributed by atoms with Crippen molar-refractivity contribution in [3.63, 3.8) is 0 Å². The number of hydrogen-bond donors (Lipinski definition) is 2. The molecule has 16 heavy (non-hydrogen) atoms. The number of aliphatic hydroxyl groups excluding tert-OH is 1. The Bertz CT molecular complexity index is 253. The lowest BCUT2D eigenvalue weighted by Gasteiger charge is -2.18. The molecule has 0 aromatic carbocycles. The molecule has 3 nitrogen and oxygen atoms in total. The molecule has 0 amide bonds. The summed E-state index contributed by atoms with van der Waals surface area (Å²) in [7, 11) is 0. The predicted octanol–water partition coefficient (Wildman–Crippen LogP) is 2.73. The van der Waals surface area contributed by atoms with Crippen LogP contribution in [0.3, 0.4) is 0 Å². The Morgan fingerprint density at radius 2 is 2.25 bits per heavy atom. The van der Waals surface area contributed by atoms with E-state index in [1.54, 1.807) is 6.26 Å². The Morgan fingerprint density at radius 1 is 1.44 bits per heavy atom. The lowest BCUT2D eigenvalue weighted by Crippen LogP contribution is -2.26. The lowest BCUT2D eigenvalue weighted by atomic mass is 10.00. The van der Waals surface area contributed by atoms with E-state index in [9.17, 15) is 0 Å². The maximum Gasteiger partial charge on any atom is 0.120 e. The van der Waals surface area contributed by atoms with Gasteiger partial charge in [-0.2, -0.15) is 0 Å². The van der Waals surface area contributed by atoms with E-state index in [2.05, 4.69) is 19.2 Å². The Labute approximate surface area is 97.9 Å². The highest BCUT2D eigenvalue weighted by Gasteiger charge is 2.11. The minimum atomic E-state index is 0.244. The first-order valence-corrected chi connectivity index (χ1v) is 6.15. The fourth-order valence-electron chi connectivity index (χ4n) is 1.92. The van der Waals surface area contributed by atoms with E-state index in [4.69, 9.17) is 9.52 Å². The zero-order valence-corrected chi connectivity index (χ0v) is 10.3. The monoisotopic (exact) mass is 225 g/mol. The Morgan fingerprint density at radius 3 is 2.81 bits per heavy atom. The maximum absolute atomic E-state index is 8.97. The minimum absolute atomic E-state index is 0.244. The second-order valence-electron chi connectivity index (χ2n) is 4.31. The van der Waals surface area contributed by atoms with Crippen molar-refractivity contribution in [3.05, 3.63) is 24.2 Å². The average Bonchev–Trinajstić information content (AvgIpc) is 2.79. The number of nitrogens with one attached hydrogen (secondary N) is 1. The molecular weight excluding hydrogens is 202 g/mol. The zero-order valence-electron chi connectivity index (χ0n) is 10.3. The molecule has 92 valence electrons. The normalized spacial score (nSPS) is 14.9. The summed E-state index contributed by atoms with van der Waals surface area (Å²) in [6.07, 6.45) is 4.91. The molecule has 0 radical (unpaired) electrons. The van der Waals surface area contributed by atoms with E-state index >= 15 is 0 Å². The van der Waals surface area contributed by atoms with Crippen LogP contribution >= 0.6 is 0 Å². The average molecular weight is 225 g/mol. The van der Waals surface area contributed by atoms with Gasteiger partial charge in [0.15, 0.2) is 0 Å². The summed E-state index contributed by atoms with van der Waals surface area (Å²) in [5.74, 6) is 1.53. The van der Waals surface area contributed by atoms with Gasteiger partial charge in [0.1, 0.15) is 5.76 Å². The highest BCUT2D eigenvalue weighted by molar-refractivity contribution is 5.02. The molecular formula is C13H23NO2. The molecule has 0 saturated heterocycles. The van der Waals surface area contributed by atoms with Crippen molar-refractivity contribution in [2.45, 2.75) is 39.2 Å². The highest BCUT2D eigenvalue weighted by atomic mass is 16.3. The molecule has 0 aliphatic heterocycles. The first-order valence-electron chi connectivity index (χ1n) is 6.15. The SMILES string of the molecule is CCCC(CCO)CNC(C)c1ccco1. The number of furan rings is 1. The molecule has 1 rings (SSSR count). The van der Waals surface area contributed by atoms with Crippen LogP contribution in [-0.2, 0) is 0 Å². The molecule has 0 saturated carbocycles. The van der Waals surface area contributed by atoms with Gasteiger partial charge in [-0.3, -0.25) is 0 Å². The van der Waals surface area contributed by atoms with Gasteiger partial charge < -0.3 is 14.8 Å². The van der Waals surface area contributed by atoms with E-state index in [1.807, 2.05) is 12.1 Å². The largest absolute Gasteiger partial charge is 0.468 e. The standard InChI is InChI=1S/C13H23NO2/c1-3-5-12(7-8-15)10-14-11(2)13-6-4-9-16-13/h4,6,9,11-12,14-15H,3,5,7-8,10H2,1-2H3. The maximum atomic E-state index is 8.97. The van der Waals surface area contributed by atoms with E-state index < -0.39 is 0 Å². The van der Waals surface area contributed by atoms with Gasteiger partial charge in [-0.05, 0) is 44.4 Å². The topological polar surface area (TPSA) is 45.4 Å². The Balaban J connectivity index is 2.30. The molecule has 1 heterocycles. The quantitative estimate of drug-likeness (QED) is 0.715. The highest BCUT2D eigenvalue weighted by Crippen LogP contribution is 2.15. The summed E-state index contributed by atoms with van der Waals surface area (Å²) < 4.78 is 5.34. The second kappa shape index (κ2) is 7.47. The van der Waals surface area contributed by atoms with Crippen molar-refractivity contribution in [1.29, 1.82) is 0 Å². The number of aliphatic hydroxyl groups is 1. The predicted molar refractivity (Wildman–Crippen MR) is 65.2 cm³/mol. The van der Waals surface area contributed by atoms with Crippen molar-refractivity contribution in [2.24, 2.45) is 5.92 Å². The van der Waals surface area contributed by atoms with Gasteiger partial charge >= 0.3 is 0 Å². The van der Waals surface area contributed by atoms with Crippen LogP contribution in [0, 0.1) is 5.92 Å². The van der Waals surface area contributed by atoms with Crippen molar-refractivity contribution in [1.82, 2.24) is 5.32 Å². The zero-order chi connectivity index (χ0) is 11.8. The molecule has 1 aromatic heterocycles. The minimum Gasteiger partial charge on any atom is -0.468 e. The van der Waals surface area contributed by atoms with Crippen LogP contribution in [-0.4, -0.2) is 18.3 Å². The van der Waals surface area contributed by atoms with Gasteiger partial charge in [-0.25, -0.2) is 0 Å². The third-order valence-corrected chi connectivity index (χ3v) is 2.92. The van der Waals surface area contributed by atoms with Crippen molar-refractivity contribution in [3.8, 4) is 0 Å². The van der Waals surface area contributed by atoms with E-state index in [-0.39, 0.29) is 12.6 Å².